The number of anilines is 2. The molecular weight excluding hydrogens is 901 g/mol. The molecule has 348 valence electrons. The maximum absolute atomic E-state index is 5.36. The molecule has 9 aromatic carbocycles. The zero-order valence-corrected chi connectivity index (χ0v) is 40.3. The minimum Gasteiger partial charge on any atom is -0.318 e. The van der Waals surface area contributed by atoms with Crippen molar-refractivity contribution in [2.45, 2.75) is 12.5 Å². The van der Waals surface area contributed by atoms with Gasteiger partial charge >= 0.3 is 0 Å². The van der Waals surface area contributed by atoms with Gasteiger partial charge in [0.05, 0.1) is 34.2 Å². The lowest BCUT2D eigenvalue weighted by atomic mass is 9.85. The quantitative estimate of drug-likeness (QED) is 0.144. The Labute approximate surface area is 429 Å². The smallest absolute Gasteiger partial charge is 0.162 e. The Bertz CT molecular complexity index is 4160. The predicted octanol–water partition coefficient (Wildman–Crippen LogP) is 16.9. The lowest BCUT2D eigenvalue weighted by Crippen LogP contribution is -2.35. The monoisotopic (exact) mass is 946 g/mol. The summed E-state index contributed by atoms with van der Waals surface area (Å²) < 4.78 is 2.30. The van der Waals surface area contributed by atoms with Gasteiger partial charge in [-0.05, 0) is 87.8 Å². The van der Waals surface area contributed by atoms with E-state index in [4.69, 9.17) is 19.9 Å². The van der Waals surface area contributed by atoms with E-state index in [2.05, 4.69) is 246 Å². The van der Waals surface area contributed by atoms with Gasteiger partial charge < -0.3 is 4.90 Å². The molecule has 0 fully saturated rings. The summed E-state index contributed by atoms with van der Waals surface area (Å²) in [6.45, 7) is 0. The fraction of sp³-hybridized carbons (Fsp3) is 0.0294. The SMILES string of the molecule is C1=CC2CC(=C1)c1cc(-c3ccc4c(c3)c3ccccc3n4-c3cc(-c4cccc(-c5ccccc5)c4)nc(-c4ccccc4)n3)ccc1N2c1cc(-c2cccc(-c3ccccc3)c2)nc(-c2ccccc2)n1. The van der Waals surface area contributed by atoms with Crippen molar-refractivity contribution >= 4 is 38.9 Å². The van der Waals surface area contributed by atoms with Crippen molar-refractivity contribution in [1.29, 1.82) is 0 Å². The maximum Gasteiger partial charge on any atom is 0.162 e. The van der Waals surface area contributed by atoms with Gasteiger partial charge in [0.2, 0.25) is 0 Å². The number of nitrogens with zero attached hydrogens (tertiary/aromatic N) is 6. The number of benzene rings is 9. The number of allylic oxidation sites excluding steroid dienone is 2. The highest BCUT2D eigenvalue weighted by Gasteiger charge is 2.32. The van der Waals surface area contributed by atoms with Crippen LogP contribution in [0.25, 0.3) is 112 Å². The van der Waals surface area contributed by atoms with Crippen LogP contribution in [0, 0.1) is 0 Å². The van der Waals surface area contributed by atoms with Gasteiger partial charge in [0.1, 0.15) is 11.6 Å². The Morgan fingerprint density at radius 1 is 0.351 bits per heavy atom. The molecule has 1 atom stereocenters. The van der Waals surface area contributed by atoms with Gasteiger partial charge in [-0.1, -0.05) is 206 Å². The highest BCUT2D eigenvalue weighted by Crippen LogP contribution is 2.47. The molecule has 74 heavy (non-hydrogen) atoms. The van der Waals surface area contributed by atoms with Crippen LogP contribution in [0.5, 0.6) is 0 Å². The Morgan fingerprint density at radius 2 is 0.838 bits per heavy atom. The van der Waals surface area contributed by atoms with Crippen LogP contribution in [-0.4, -0.2) is 30.5 Å². The first-order chi connectivity index (χ1) is 36.6. The molecule has 1 aliphatic carbocycles. The van der Waals surface area contributed by atoms with E-state index in [0.29, 0.717) is 11.6 Å². The van der Waals surface area contributed by atoms with Gasteiger partial charge in [-0.3, -0.25) is 4.57 Å². The summed E-state index contributed by atoms with van der Waals surface area (Å²) in [7, 11) is 0. The van der Waals surface area contributed by atoms with E-state index < -0.39 is 0 Å². The largest absolute Gasteiger partial charge is 0.318 e. The molecule has 1 unspecified atom stereocenters. The number of para-hydroxylation sites is 1. The molecule has 2 bridgehead atoms. The van der Waals surface area contributed by atoms with E-state index in [1.165, 1.54) is 16.7 Å². The van der Waals surface area contributed by atoms with Gasteiger partial charge in [0.25, 0.3) is 0 Å². The number of hydrogen-bond acceptors (Lipinski definition) is 5. The first-order valence-corrected chi connectivity index (χ1v) is 25.2. The zero-order valence-electron chi connectivity index (χ0n) is 40.3. The Kier molecular flexibility index (Phi) is 10.5. The number of aromatic nitrogens is 5. The molecule has 6 heteroatoms. The van der Waals surface area contributed by atoms with E-state index in [1.807, 2.05) is 24.3 Å². The van der Waals surface area contributed by atoms with Crippen LogP contribution in [0.15, 0.2) is 261 Å². The van der Waals surface area contributed by atoms with E-state index in [9.17, 15) is 0 Å². The van der Waals surface area contributed by atoms with E-state index in [1.54, 1.807) is 0 Å². The lowest BCUT2D eigenvalue weighted by Gasteiger charge is -2.39. The van der Waals surface area contributed by atoms with Gasteiger partial charge in [-0.25, -0.2) is 19.9 Å². The van der Waals surface area contributed by atoms with Crippen LogP contribution in [0.1, 0.15) is 12.0 Å². The zero-order chi connectivity index (χ0) is 49.0. The van der Waals surface area contributed by atoms with Crippen molar-refractivity contribution in [2.75, 3.05) is 4.90 Å². The summed E-state index contributed by atoms with van der Waals surface area (Å²) in [6.07, 6.45) is 7.65. The van der Waals surface area contributed by atoms with Gasteiger partial charge in [0.15, 0.2) is 11.6 Å². The molecule has 0 saturated carbocycles. The third-order valence-electron chi connectivity index (χ3n) is 14.5. The first kappa shape index (κ1) is 43.0. The van der Waals surface area contributed by atoms with Gasteiger partial charge in [-0.2, -0.15) is 0 Å². The van der Waals surface area contributed by atoms with E-state index >= 15 is 0 Å². The summed E-state index contributed by atoms with van der Waals surface area (Å²) in [5.41, 5.74) is 18.5. The Morgan fingerprint density at radius 3 is 1.47 bits per heavy atom. The molecule has 3 aromatic heterocycles. The van der Waals surface area contributed by atoms with Gasteiger partial charge in [-0.15, -0.1) is 0 Å². The molecule has 0 spiro atoms. The summed E-state index contributed by atoms with van der Waals surface area (Å²) in [5, 5.41) is 2.31. The lowest BCUT2D eigenvalue weighted by molar-refractivity contribution is 0.764. The Hall–Kier alpha value is -9.78. The fourth-order valence-corrected chi connectivity index (χ4v) is 10.9. The van der Waals surface area contributed by atoms with Crippen molar-refractivity contribution in [1.82, 2.24) is 24.5 Å². The van der Waals surface area contributed by atoms with Crippen molar-refractivity contribution in [2.24, 2.45) is 0 Å². The summed E-state index contributed by atoms with van der Waals surface area (Å²) in [5.74, 6) is 3.05. The average molecular weight is 947 g/mol. The fourth-order valence-electron chi connectivity index (χ4n) is 10.9. The minimum atomic E-state index is 0.0929. The minimum absolute atomic E-state index is 0.0929. The van der Waals surface area contributed by atoms with Crippen LogP contribution in [-0.2, 0) is 0 Å². The number of rotatable bonds is 9. The highest BCUT2D eigenvalue weighted by molar-refractivity contribution is 6.10. The molecule has 12 aromatic rings. The van der Waals surface area contributed by atoms with Crippen LogP contribution in [0.3, 0.4) is 0 Å². The summed E-state index contributed by atoms with van der Waals surface area (Å²) in [4.78, 5) is 23.6. The third-order valence-corrected chi connectivity index (χ3v) is 14.5. The van der Waals surface area contributed by atoms with E-state index in [-0.39, 0.29) is 6.04 Å². The van der Waals surface area contributed by atoms with Crippen molar-refractivity contribution in [3.8, 4) is 84.5 Å². The van der Waals surface area contributed by atoms with E-state index in [0.717, 1.165) is 107 Å². The molecule has 6 nitrogen and oxygen atoms in total. The maximum atomic E-state index is 5.36. The normalized spacial score (nSPS) is 13.8. The summed E-state index contributed by atoms with van der Waals surface area (Å²) in [6, 6.07) is 85.8. The van der Waals surface area contributed by atoms with Gasteiger partial charge in [0, 0.05) is 50.7 Å². The number of hydrogen-bond donors (Lipinski definition) is 0. The molecule has 0 saturated heterocycles. The molecule has 4 heterocycles. The molecule has 0 amide bonds. The van der Waals surface area contributed by atoms with Crippen molar-refractivity contribution < 1.29 is 0 Å². The topological polar surface area (TPSA) is 59.7 Å². The highest BCUT2D eigenvalue weighted by atomic mass is 15.2. The second kappa shape index (κ2) is 18.1. The molecule has 1 aliphatic heterocycles. The molecule has 14 rings (SSSR count). The molecule has 0 radical (unpaired) electrons. The third kappa shape index (κ3) is 7.77. The predicted molar refractivity (Wildman–Crippen MR) is 304 cm³/mol. The second-order valence-electron chi connectivity index (χ2n) is 19.0. The van der Waals surface area contributed by atoms with Crippen LogP contribution in [0.2, 0.25) is 0 Å². The second-order valence-corrected chi connectivity index (χ2v) is 19.0. The Balaban J connectivity index is 0.881. The molecule has 2 aliphatic rings. The summed E-state index contributed by atoms with van der Waals surface area (Å²) >= 11 is 0. The van der Waals surface area contributed by atoms with Crippen molar-refractivity contribution in [3.05, 3.63) is 266 Å². The first-order valence-electron chi connectivity index (χ1n) is 25.2. The molecule has 0 N–H and O–H groups in total. The van der Waals surface area contributed by atoms with Crippen molar-refractivity contribution in [3.63, 3.8) is 0 Å². The van der Waals surface area contributed by atoms with Crippen LogP contribution in [0.4, 0.5) is 11.5 Å². The average Bonchev–Trinajstić information content (AvgIpc) is 3.84. The standard InChI is InChI=1S/C68H46N6/c1-5-18-45(19-6-1)49-26-15-29-54(38-49)60-43-65(71-67(69-60)47-22-9-3-10-23-47)73-56-31-17-28-53(40-56)58-41-51(34-36-63(58)73)52-35-37-64-59(42-52)57-32-13-14-33-62(57)74(64)66-44-61(70-68(72-66)48-24-11-4-12-25-48)55-30-16-27-50(39-55)46-20-7-2-8-21-46/h1-39,41-44,56H,40H2. The van der Waals surface area contributed by atoms with Crippen LogP contribution >= 0.6 is 0 Å². The molecular formula is C68H46N6. The van der Waals surface area contributed by atoms with Crippen LogP contribution < -0.4 is 4.90 Å². The number of fused-ring (bicyclic) bond motifs is 7.